The van der Waals surface area contributed by atoms with Gasteiger partial charge in [-0.15, -0.1) is 11.8 Å². The molecule has 2 aromatic carbocycles. The van der Waals surface area contributed by atoms with Gasteiger partial charge in [-0.2, -0.15) is 5.26 Å². The first-order valence-corrected chi connectivity index (χ1v) is 11.0. The molecule has 1 saturated heterocycles. The van der Waals surface area contributed by atoms with E-state index in [1.54, 1.807) is 48.5 Å². The molecule has 2 aromatic rings. The zero-order valence-corrected chi connectivity index (χ0v) is 18.5. The molecule has 1 aliphatic heterocycles. The van der Waals surface area contributed by atoms with Gasteiger partial charge in [0.2, 0.25) is 5.91 Å². The van der Waals surface area contributed by atoms with Gasteiger partial charge in [-0.05, 0) is 69.3 Å². The van der Waals surface area contributed by atoms with Crippen molar-refractivity contribution in [2.45, 2.75) is 32.4 Å². The number of nitriles is 1. The molecule has 7 nitrogen and oxygen atoms in total. The van der Waals surface area contributed by atoms with Crippen LogP contribution in [0.3, 0.4) is 0 Å². The number of rotatable bonds is 4. The lowest BCUT2D eigenvalue weighted by atomic mass is 10.1. The van der Waals surface area contributed by atoms with E-state index < -0.39 is 6.04 Å². The molecule has 160 valence electrons. The van der Waals surface area contributed by atoms with Crippen molar-refractivity contribution >= 4 is 35.2 Å². The van der Waals surface area contributed by atoms with Crippen molar-refractivity contribution in [3.05, 3.63) is 65.2 Å². The zero-order valence-electron chi connectivity index (χ0n) is 17.6. The summed E-state index contributed by atoms with van der Waals surface area (Å²) in [7, 11) is 0. The maximum Gasteiger partial charge on any atom is 0.255 e. The van der Waals surface area contributed by atoms with E-state index in [1.165, 1.54) is 16.7 Å². The Morgan fingerprint density at radius 2 is 1.65 bits per heavy atom. The highest BCUT2D eigenvalue weighted by Gasteiger charge is 2.35. The van der Waals surface area contributed by atoms with Crippen LogP contribution in [0.4, 0.5) is 5.69 Å². The first kappa shape index (κ1) is 22.4. The van der Waals surface area contributed by atoms with Crippen LogP contribution in [0.5, 0.6) is 0 Å². The predicted octanol–water partition coefficient (Wildman–Crippen LogP) is 3.24. The van der Waals surface area contributed by atoms with E-state index in [4.69, 9.17) is 5.26 Å². The van der Waals surface area contributed by atoms with Gasteiger partial charge in [-0.1, -0.05) is 0 Å². The van der Waals surface area contributed by atoms with Crippen molar-refractivity contribution in [2.24, 2.45) is 0 Å². The van der Waals surface area contributed by atoms with E-state index in [0.717, 1.165) is 0 Å². The molecule has 1 aliphatic rings. The lowest BCUT2D eigenvalue weighted by Crippen LogP contribution is -2.44. The van der Waals surface area contributed by atoms with Crippen LogP contribution in [0.2, 0.25) is 0 Å². The van der Waals surface area contributed by atoms with Crippen LogP contribution in [0.1, 0.15) is 47.1 Å². The van der Waals surface area contributed by atoms with Gasteiger partial charge in [-0.3, -0.25) is 14.4 Å². The minimum Gasteiger partial charge on any atom is -0.347 e. The van der Waals surface area contributed by atoms with Gasteiger partial charge in [0.25, 0.3) is 11.8 Å². The Hall–Kier alpha value is -3.31. The molecular weight excluding hydrogens is 412 g/mol. The normalized spacial score (nSPS) is 15.8. The zero-order chi connectivity index (χ0) is 22.6. The molecule has 1 unspecified atom stereocenters. The molecule has 31 heavy (non-hydrogen) atoms. The number of anilines is 1. The highest BCUT2D eigenvalue weighted by Crippen LogP contribution is 2.25. The molecule has 8 heteroatoms. The standard InChI is InChI=1S/C23H24N4O3S/c1-23(2,3)26-20(28)16-6-8-17(9-7-16)22(30)27-14-31-13-19(27)21(29)25-18-10-4-15(12-24)5-11-18/h4-11,19H,13-14H2,1-3H3,(H,25,29)(H,26,28). The fourth-order valence-corrected chi connectivity index (χ4v) is 4.21. The molecule has 2 N–H and O–H groups in total. The van der Waals surface area contributed by atoms with Crippen molar-refractivity contribution in [1.82, 2.24) is 10.2 Å². The maximum atomic E-state index is 13.0. The monoisotopic (exact) mass is 436 g/mol. The number of carbonyl (C=O) groups excluding carboxylic acids is 3. The molecule has 0 saturated carbocycles. The van der Waals surface area contributed by atoms with Crippen LogP contribution >= 0.6 is 11.8 Å². The molecule has 1 atom stereocenters. The highest BCUT2D eigenvalue weighted by molar-refractivity contribution is 7.99. The second kappa shape index (κ2) is 9.23. The Balaban J connectivity index is 1.68. The van der Waals surface area contributed by atoms with Crippen molar-refractivity contribution in [1.29, 1.82) is 5.26 Å². The van der Waals surface area contributed by atoms with Gasteiger partial charge in [0.05, 0.1) is 17.5 Å². The summed E-state index contributed by atoms with van der Waals surface area (Å²) in [6, 6.07) is 14.4. The second-order valence-corrected chi connectivity index (χ2v) is 9.25. The number of nitrogens with one attached hydrogen (secondary N) is 2. The van der Waals surface area contributed by atoms with E-state index in [0.29, 0.717) is 34.0 Å². The number of hydrogen-bond acceptors (Lipinski definition) is 5. The minimum atomic E-state index is -0.600. The Morgan fingerprint density at radius 3 is 2.23 bits per heavy atom. The average molecular weight is 437 g/mol. The minimum absolute atomic E-state index is 0.206. The largest absolute Gasteiger partial charge is 0.347 e. The molecule has 3 rings (SSSR count). The molecule has 3 amide bonds. The van der Waals surface area contributed by atoms with Crippen LogP contribution in [-0.4, -0.2) is 45.8 Å². The molecular formula is C23H24N4O3S. The summed E-state index contributed by atoms with van der Waals surface area (Å²) in [4.78, 5) is 39.6. The average Bonchev–Trinajstić information content (AvgIpc) is 3.23. The summed E-state index contributed by atoms with van der Waals surface area (Å²) < 4.78 is 0. The number of amides is 3. The van der Waals surface area contributed by atoms with Crippen LogP contribution in [-0.2, 0) is 4.79 Å². The van der Waals surface area contributed by atoms with Crippen molar-refractivity contribution < 1.29 is 14.4 Å². The maximum absolute atomic E-state index is 13.0. The van der Waals surface area contributed by atoms with Gasteiger partial charge < -0.3 is 15.5 Å². The molecule has 0 aromatic heterocycles. The number of nitrogens with zero attached hydrogens (tertiary/aromatic N) is 2. The lowest BCUT2D eigenvalue weighted by Gasteiger charge is -2.23. The van der Waals surface area contributed by atoms with Crippen LogP contribution in [0, 0.1) is 11.3 Å². The van der Waals surface area contributed by atoms with Crippen LogP contribution in [0.25, 0.3) is 0 Å². The Labute approximate surface area is 185 Å². The van der Waals surface area contributed by atoms with Crippen LogP contribution in [0.15, 0.2) is 48.5 Å². The number of benzene rings is 2. The number of thioether (sulfide) groups is 1. The summed E-state index contributed by atoms with van der Waals surface area (Å²) in [6.45, 7) is 5.70. The SMILES string of the molecule is CC(C)(C)NC(=O)c1ccc(C(=O)N2CSCC2C(=O)Nc2ccc(C#N)cc2)cc1. The van der Waals surface area contributed by atoms with Gasteiger partial charge in [-0.25, -0.2) is 0 Å². The first-order chi connectivity index (χ1) is 14.7. The molecule has 0 aliphatic carbocycles. The number of hydrogen-bond donors (Lipinski definition) is 2. The summed E-state index contributed by atoms with van der Waals surface area (Å²) in [5.74, 6) is 0.177. The summed E-state index contributed by atoms with van der Waals surface area (Å²) >= 11 is 1.51. The Morgan fingerprint density at radius 1 is 1.03 bits per heavy atom. The van der Waals surface area contributed by atoms with Crippen LogP contribution < -0.4 is 10.6 Å². The third-order valence-electron chi connectivity index (χ3n) is 4.61. The predicted molar refractivity (Wildman–Crippen MR) is 121 cm³/mol. The quantitative estimate of drug-likeness (QED) is 0.766. The van der Waals surface area contributed by atoms with Gasteiger partial charge in [0, 0.05) is 28.1 Å². The van der Waals surface area contributed by atoms with E-state index in [2.05, 4.69) is 10.6 Å². The second-order valence-electron chi connectivity index (χ2n) is 8.25. The topological polar surface area (TPSA) is 102 Å². The van der Waals surface area contributed by atoms with Gasteiger partial charge in [0.1, 0.15) is 6.04 Å². The van der Waals surface area contributed by atoms with E-state index >= 15 is 0 Å². The van der Waals surface area contributed by atoms with E-state index in [1.807, 2.05) is 26.8 Å². The Bertz CT molecular complexity index is 1020. The molecule has 0 radical (unpaired) electrons. The Kier molecular flexibility index (Phi) is 6.66. The lowest BCUT2D eigenvalue weighted by molar-refractivity contribution is -0.119. The molecule has 1 heterocycles. The number of carbonyl (C=O) groups is 3. The smallest absolute Gasteiger partial charge is 0.255 e. The van der Waals surface area contributed by atoms with Crippen molar-refractivity contribution in [3.63, 3.8) is 0 Å². The summed E-state index contributed by atoms with van der Waals surface area (Å²) in [5.41, 5.74) is 1.62. The summed E-state index contributed by atoms with van der Waals surface area (Å²) in [6.07, 6.45) is 0. The summed E-state index contributed by atoms with van der Waals surface area (Å²) in [5, 5.41) is 14.6. The molecule has 0 spiro atoms. The van der Waals surface area contributed by atoms with E-state index in [9.17, 15) is 14.4 Å². The van der Waals surface area contributed by atoms with Crippen molar-refractivity contribution in [3.8, 4) is 6.07 Å². The highest BCUT2D eigenvalue weighted by atomic mass is 32.2. The first-order valence-electron chi connectivity index (χ1n) is 9.80. The molecule has 1 fully saturated rings. The van der Waals surface area contributed by atoms with E-state index in [-0.39, 0.29) is 23.3 Å². The third kappa shape index (κ3) is 5.64. The fraction of sp³-hybridized carbons (Fsp3) is 0.304. The fourth-order valence-electron chi connectivity index (χ4n) is 3.06. The van der Waals surface area contributed by atoms with Crippen molar-refractivity contribution in [2.75, 3.05) is 16.9 Å². The van der Waals surface area contributed by atoms with Gasteiger partial charge >= 0.3 is 0 Å². The molecule has 0 bridgehead atoms. The van der Waals surface area contributed by atoms with Gasteiger partial charge in [0.15, 0.2) is 0 Å². The third-order valence-corrected chi connectivity index (χ3v) is 5.62.